The second-order valence-electron chi connectivity index (χ2n) is 7.15. The molecule has 1 unspecified atom stereocenters. The van der Waals surface area contributed by atoms with Crippen LogP contribution in [0.25, 0.3) is 21.8 Å². The quantitative estimate of drug-likeness (QED) is 0.531. The first-order valence-corrected chi connectivity index (χ1v) is 9.00. The van der Waals surface area contributed by atoms with Crippen molar-refractivity contribution in [1.82, 2.24) is 9.47 Å². The van der Waals surface area contributed by atoms with Gasteiger partial charge in [0.25, 0.3) is 0 Å². The molecule has 2 nitrogen and oxygen atoms in total. The monoisotopic (exact) mass is 382 g/mol. The SMILES string of the molecule is Fc1ccc2c(c1)c1cc(F)ccc1n2C1CCCN(CCC(F)(F)F)C1. The van der Waals surface area contributed by atoms with Crippen molar-refractivity contribution >= 4 is 21.8 Å². The van der Waals surface area contributed by atoms with Crippen molar-refractivity contribution in [3.05, 3.63) is 48.0 Å². The lowest BCUT2D eigenvalue weighted by Crippen LogP contribution is -2.38. The highest BCUT2D eigenvalue weighted by molar-refractivity contribution is 6.08. The molecule has 0 saturated carbocycles. The van der Waals surface area contributed by atoms with Crippen LogP contribution in [0, 0.1) is 11.6 Å². The Labute approximate surface area is 153 Å². The first-order chi connectivity index (χ1) is 12.8. The smallest absolute Gasteiger partial charge is 0.336 e. The van der Waals surface area contributed by atoms with Crippen LogP contribution in [0.15, 0.2) is 36.4 Å². The van der Waals surface area contributed by atoms with Gasteiger partial charge in [-0.1, -0.05) is 0 Å². The molecular weight excluding hydrogens is 363 g/mol. The Kier molecular flexibility index (Phi) is 4.58. The van der Waals surface area contributed by atoms with Gasteiger partial charge in [0.1, 0.15) is 11.6 Å². The Morgan fingerprint density at radius 3 is 2.07 bits per heavy atom. The molecule has 27 heavy (non-hydrogen) atoms. The fourth-order valence-electron chi connectivity index (χ4n) is 4.12. The average molecular weight is 382 g/mol. The van der Waals surface area contributed by atoms with Crippen molar-refractivity contribution in [2.24, 2.45) is 0 Å². The molecule has 0 bridgehead atoms. The van der Waals surface area contributed by atoms with Crippen LogP contribution in [0.4, 0.5) is 22.0 Å². The summed E-state index contributed by atoms with van der Waals surface area (Å²) in [5.74, 6) is -0.803. The number of piperidine rings is 1. The highest BCUT2D eigenvalue weighted by Gasteiger charge is 2.30. The Morgan fingerprint density at radius 1 is 0.926 bits per heavy atom. The Morgan fingerprint density at radius 2 is 1.52 bits per heavy atom. The number of rotatable bonds is 3. The maximum absolute atomic E-state index is 13.8. The van der Waals surface area contributed by atoms with Crippen LogP contribution < -0.4 is 0 Å². The number of hydrogen-bond donors (Lipinski definition) is 0. The molecule has 4 rings (SSSR count). The van der Waals surface area contributed by atoms with E-state index in [4.69, 9.17) is 0 Å². The summed E-state index contributed by atoms with van der Waals surface area (Å²) >= 11 is 0. The van der Waals surface area contributed by atoms with Gasteiger partial charge in [-0.05, 0) is 55.8 Å². The first kappa shape index (κ1) is 18.2. The molecule has 0 N–H and O–H groups in total. The summed E-state index contributed by atoms with van der Waals surface area (Å²) in [5, 5.41) is 1.24. The Balaban J connectivity index is 1.73. The highest BCUT2D eigenvalue weighted by atomic mass is 19.4. The zero-order valence-electron chi connectivity index (χ0n) is 14.6. The van der Waals surface area contributed by atoms with Gasteiger partial charge in [-0.3, -0.25) is 0 Å². The third kappa shape index (κ3) is 3.65. The molecule has 1 fully saturated rings. The van der Waals surface area contributed by atoms with Crippen molar-refractivity contribution in [3.8, 4) is 0 Å². The van der Waals surface area contributed by atoms with Gasteiger partial charge in [-0.15, -0.1) is 0 Å². The van der Waals surface area contributed by atoms with Crippen LogP contribution in [0.3, 0.4) is 0 Å². The van der Waals surface area contributed by atoms with E-state index in [0.717, 1.165) is 23.9 Å². The van der Waals surface area contributed by atoms with Crippen molar-refractivity contribution < 1.29 is 22.0 Å². The molecule has 1 saturated heterocycles. The average Bonchev–Trinajstić information content (AvgIpc) is 2.93. The van der Waals surface area contributed by atoms with Gasteiger partial charge in [-0.25, -0.2) is 8.78 Å². The molecule has 2 heterocycles. The van der Waals surface area contributed by atoms with Gasteiger partial charge < -0.3 is 9.47 Å². The predicted molar refractivity (Wildman–Crippen MR) is 94.7 cm³/mol. The summed E-state index contributed by atoms with van der Waals surface area (Å²) in [6, 6.07) is 8.78. The van der Waals surface area contributed by atoms with Gasteiger partial charge in [0.05, 0.1) is 6.42 Å². The summed E-state index contributed by atoms with van der Waals surface area (Å²) in [7, 11) is 0. The number of alkyl halides is 3. The van der Waals surface area contributed by atoms with Gasteiger partial charge in [0.15, 0.2) is 0 Å². The van der Waals surface area contributed by atoms with Crippen LogP contribution >= 0.6 is 0 Å². The number of nitrogens with zero attached hydrogens (tertiary/aromatic N) is 2. The molecule has 1 atom stereocenters. The standard InChI is InChI=1S/C20H19F5N2/c21-13-3-5-18-16(10-13)17-11-14(22)4-6-19(17)27(18)15-2-1-8-26(12-15)9-7-20(23,24)25/h3-6,10-11,15H,1-2,7-9,12H2. The third-order valence-electron chi connectivity index (χ3n) is 5.28. The molecule has 0 radical (unpaired) electrons. The minimum absolute atomic E-state index is 0.0274. The first-order valence-electron chi connectivity index (χ1n) is 9.00. The van der Waals surface area contributed by atoms with Gasteiger partial charge >= 0.3 is 6.18 Å². The lowest BCUT2D eigenvalue weighted by molar-refractivity contribution is -0.138. The topological polar surface area (TPSA) is 8.17 Å². The fourth-order valence-corrected chi connectivity index (χ4v) is 4.12. The van der Waals surface area contributed by atoms with Crippen LogP contribution in [-0.4, -0.2) is 35.3 Å². The molecule has 1 aliphatic rings. The molecule has 3 aromatic rings. The van der Waals surface area contributed by atoms with Crippen molar-refractivity contribution in [1.29, 1.82) is 0 Å². The third-order valence-corrected chi connectivity index (χ3v) is 5.28. The van der Waals surface area contributed by atoms with E-state index in [1.165, 1.54) is 24.3 Å². The normalized spacial score (nSPS) is 19.2. The Hall–Kier alpha value is -2.15. The van der Waals surface area contributed by atoms with E-state index in [1.54, 1.807) is 12.1 Å². The van der Waals surface area contributed by atoms with Crippen LogP contribution in [0.2, 0.25) is 0 Å². The van der Waals surface area contributed by atoms with E-state index in [0.29, 0.717) is 23.9 Å². The molecule has 144 valence electrons. The summed E-state index contributed by atoms with van der Waals surface area (Å²) in [4.78, 5) is 1.83. The molecule has 0 aliphatic carbocycles. The van der Waals surface area contributed by atoms with Crippen molar-refractivity contribution in [2.45, 2.75) is 31.5 Å². The number of halogens is 5. The molecule has 7 heteroatoms. The maximum Gasteiger partial charge on any atom is 0.390 e. The minimum Gasteiger partial charge on any atom is -0.336 e. The lowest BCUT2D eigenvalue weighted by Gasteiger charge is -2.34. The van der Waals surface area contributed by atoms with E-state index < -0.39 is 24.2 Å². The molecule has 1 aromatic heterocycles. The second-order valence-corrected chi connectivity index (χ2v) is 7.15. The summed E-state index contributed by atoms with van der Waals surface area (Å²) < 4.78 is 67.3. The van der Waals surface area contributed by atoms with E-state index >= 15 is 0 Å². The van der Waals surface area contributed by atoms with Gasteiger partial charge in [-0.2, -0.15) is 13.2 Å². The number of hydrogen-bond acceptors (Lipinski definition) is 1. The fraction of sp³-hybridized carbons (Fsp3) is 0.400. The molecule has 1 aliphatic heterocycles. The van der Waals surface area contributed by atoms with E-state index in [-0.39, 0.29) is 12.6 Å². The molecule has 0 spiro atoms. The number of aromatic nitrogens is 1. The van der Waals surface area contributed by atoms with Crippen LogP contribution in [0.5, 0.6) is 0 Å². The minimum atomic E-state index is -4.17. The van der Waals surface area contributed by atoms with Crippen LogP contribution in [-0.2, 0) is 0 Å². The zero-order valence-corrected chi connectivity index (χ0v) is 14.6. The largest absolute Gasteiger partial charge is 0.390 e. The summed E-state index contributed by atoms with van der Waals surface area (Å²) in [5.41, 5.74) is 1.55. The van der Waals surface area contributed by atoms with E-state index in [1.807, 2.05) is 9.47 Å². The summed E-state index contributed by atoms with van der Waals surface area (Å²) in [6.45, 7) is 1.09. The molecular formula is C20H19F5N2. The van der Waals surface area contributed by atoms with Crippen LogP contribution in [0.1, 0.15) is 25.3 Å². The van der Waals surface area contributed by atoms with E-state index in [2.05, 4.69) is 0 Å². The van der Waals surface area contributed by atoms with Crippen molar-refractivity contribution in [3.63, 3.8) is 0 Å². The lowest BCUT2D eigenvalue weighted by atomic mass is 10.0. The molecule has 2 aromatic carbocycles. The maximum atomic E-state index is 13.8. The van der Waals surface area contributed by atoms with Crippen molar-refractivity contribution in [2.75, 3.05) is 19.6 Å². The highest BCUT2D eigenvalue weighted by Crippen LogP contribution is 2.36. The summed E-state index contributed by atoms with van der Waals surface area (Å²) in [6.07, 6.45) is -3.40. The zero-order chi connectivity index (χ0) is 19.2. The number of fused-ring (bicyclic) bond motifs is 3. The Bertz CT molecular complexity index is 917. The van der Waals surface area contributed by atoms with Gasteiger partial charge in [0, 0.05) is 40.9 Å². The number of likely N-dealkylation sites (tertiary alicyclic amines) is 1. The van der Waals surface area contributed by atoms with E-state index in [9.17, 15) is 22.0 Å². The number of benzene rings is 2. The van der Waals surface area contributed by atoms with Gasteiger partial charge in [0.2, 0.25) is 0 Å². The second kappa shape index (κ2) is 6.78. The predicted octanol–water partition coefficient (Wildman–Crippen LogP) is 5.66. The molecule has 0 amide bonds.